The lowest BCUT2D eigenvalue weighted by atomic mass is 10.00. The zero-order chi connectivity index (χ0) is 20.7. The summed E-state index contributed by atoms with van der Waals surface area (Å²) in [5, 5.41) is 21.4. The molecule has 0 saturated carbocycles. The van der Waals surface area contributed by atoms with Crippen LogP contribution < -0.4 is 10.6 Å². The van der Waals surface area contributed by atoms with Crippen LogP contribution in [0.2, 0.25) is 0 Å². The van der Waals surface area contributed by atoms with Gasteiger partial charge in [-0.2, -0.15) is 5.10 Å². The summed E-state index contributed by atoms with van der Waals surface area (Å²) in [5.41, 5.74) is 2.28. The van der Waals surface area contributed by atoms with Gasteiger partial charge in [0.25, 0.3) is 0 Å². The van der Waals surface area contributed by atoms with Gasteiger partial charge in [0, 0.05) is 31.9 Å². The van der Waals surface area contributed by atoms with Crippen molar-refractivity contribution >= 4 is 5.96 Å². The maximum absolute atomic E-state index is 10.7. The summed E-state index contributed by atoms with van der Waals surface area (Å²) in [6.07, 6.45) is 6.16. The molecule has 1 aromatic heterocycles. The molecule has 1 aliphatic heterocycles. The third kappa shape index (κ3) is 6.30. The minimum atomic E-state index is -1.03. The minimum Gasteiger partial charge on any atom is -0.383 e. The van der Waals surface area contributed by atoms with Crippen molar-refractivity contribution in [3.63, 3.8) is 0 Å². The zero-order valence-corrected chi connectivity index (χ0v) is 17.9. The minimum absolute atomic E-state index is 0.347. The average molecular weight is 399 g/mol. The zero-order valence-electron chi connectivity index (χ0n) is 17.9. The van der Waals surface area contributed by atoms with Crippen LogP contribution in [0.3, 0.4) is 0 Å². The normalized spacial score (nSPS) is 17.3. The number of likely N-dealkylation sites (tertiary alicyclic amines) is 1. The molecule has 29 heavy (non-hydrogen) atoms. The largest absolute Gasteiger partial charge is 0.383 e. The van der Waals surface area contributed by atoms with Gasteiger partial charge >= 0.3 is 0 Å². The number of guanidine groups is 1. The third-order valence-electron chi connectivity index (χ3n) is 5.32. The Bertz CT molecular complexity index is 790. The topological polar surface area (TPSA) is 77.7 Å². The molecule has 1 aliphatic rings. The van der Waals surface area contributed by atoms with Gasteiger partial charge in [-0.05, 0) is 50.9 Å². The fraction of sp³-hybridized carbons (Fsp3) is 0.545. The molecule has 1 atom stereocenters. The van der Waals surface area contributed by atoms with E-state index < -0.39 is 5.60 Å². The predicted molar refractivity (Wildman–Crippen MR) is 117 cm³/mol. The van der Waals surface area contributed by atoms with Crippen LogP contribution in [-0.4, -0.2) is 51.9 Å². The standard InChI is InChI=1S/C22H34N6O/c1-4-23-21(25-17-22(2,29)20-14-26-27(3)16-20)24-13-18-7-9-19(10-8-18)15-28-11-5-6-12-28/h7-10,14,16,29H,4-6,11-13,15,17H2,1-3H3,(H2,23,24,25). The fourth-order valence-corrected chi connectivity index (χ4v) is 3.52. The van der Waals surface area contributed by atoms with Crippen LogP contribution in [0.1, 0.15) is 43.4 Å². The first-order valence-corrected chi connectivity index (χ1v) is 10.5. The highest BCUT2D eigenvalue weighted by atomic mass is 16.3. The van der Waals surface area contributed by atoms with Gasteiger partial charge in [-0.15, -0.1) is 0 Å². The molecule has 7 heteroatoms. The Labute approximate surface area is 173 Å². The van der Waals surface area contributed by atoms with Crippen molar-refractivity contribution in [3.05, 3.63) is 53.3 Å². The van der Waals surface area contributed by atoms with Gasteiger partial charge in [0.05, 0.1) is 19.3 Å². The van der Waals surface area contributed by atoms with Gasteiger partial charge in [0.1, 0.15) is 5.60 Å². The number of aromatic nitrogens is 2. The summed E-state index contributed by atoms with van der Waals surface area (Å²) >= 11 is 0. The van der Waals surface area contributed by atoms with E-state index in [1.165, 1.54) is 37.1 Å². The number of rotatable bonds is 8. The Morgan fingerprint density at radius 2 is 1.86 bits per heavy atom. The first kappa shape index (κ1) is 21.3. The summed E-state index contributed by atoms with van der Waals surface area (Å²) in [4.78, 5) is 7.18. The van der Waals surface area contributed by atoms with Gasteiger partial charge in [-0.3, -0.25) is 9.58 Å². The monoisotopic (exact) mass is 398 g/mol. The van der Waals surface area contributed by atoms with E-state index >= 15 is 0 Å². The van der Waals surface area contributed by atoms with E-state index in [2.05, 4.69) is 49.9 Å². The number of benzene rings is 1. The highest BCUT2D eigenvalue weighted by molar-refractivity contribution is 5.79. The number of hydrogen-bond donors (Lipinski definition) is 3. The Hall–Kier alpha value is -2.38. The number of aliphatic imine (C=N–C) groups is 1. The third-order valence-corrected chi connectivity index (χ3v) is 5.32. The van der Waals surface area contributed by atoms with Gasteiger partial charge in [-0.25, -0.2) is 4.99 Å². The molecule has 0 radical (unpaired) electrons. The highest BCUT2D eigenvalue weighted by Crippen LogP contribution is 2.18. The van der Waals surface area contributed by atoms with Crippen molar-refractivity contribution < 1.29 is 5.11 Å². The molecule has 3 rings (SSSR count). The van der Waals surface area contributed by atoms with Crippen molar-refractivity contribution in [2.24, 2.45) is 12.0 Å². The Morgan fingerprint density at radius 3 is 2.48 bits per heavy atom. The number of aliphatic hydroxyl groups is 1. The molecule has 1 saturated heterocycles. The second-order valence-corrected chi connectivity index (χ2v) is 8.03. The van der Waals surface area contributed by atoms with Crippen LogP contribution in [0.4, 0.5) is 0 Å². The number of hydrogen-bond acceptors (Lipinski definition) is 4. The number of nitrogens with zero attached hydrogens (tertiary/aromatic N) is 4. The van der Waals surface area contributed by atoms with Crippen molar-refractivity contribution in [1.82, 2.24) is 25.3 Å². The highest BCUT2D eigenvalue weighted by Gasteiger charge is 2.25. The SMILES string of the molecule is CCNC(=NCc1ccc(CN2CCCC2)cc1)NCC(C)(O)c1cnn(C)c1. The van der Waals surface area contributed by atoms with E-state index in [-0.39, 0.29) is 0 Å². The average Bonchev–Trinajstić information content (AvgIpc) is 3.37. The lowest BCUT2D eigenvalue weighted by molar-refractivity contribution is 0.0616. The van der Waals surface area contributed by atoms with E-state index in [9.17, 15) is 5.11 Å². The molecular formula is C22H34N6O. The fourth-order valence-electron chi connectivity index (χ4n) is 3.52. The number of aryl methyl sites for hydroxylation is 1. The Balaban J connectivity index is 1.55. The summed E-state index contributed by atoms with van der Waals surface area (Å²) in [5.74, 6) is 0.692. The molecule has 158 valence electrons. The molecule has 1 unspecified atom stereocenters. The van der Waals surface area contributed by atoms with E-state index in [4.69, 9.17) is 0 Å². The Morgan fingerprint density at radius 1 is 1.17 bits per heavy atom. The molecule has 0 spiro atoms. The van der Waals surface area contributed by atoms with Crippen LogP contribution >= 0.6 is 0 Å². The quantitative estimate of drug-likeness (QED) is 0.468. The molecule has 0 bridgehead atoms. The molecule has 3 N–H and O–H groups in total. The van der Waals surface area contributed by atoms with Crippen molar-refractivity contribution in [1.29, 1.82) is 0 Å². The maximum Gasteiger partial charge on any atom is 0.191 e. The maximum atomic E-state index is 10.7. The summed E-state index contributed by atoms with van der Waals surface area (Å²) in [7, 11) is 1.84. The second-order valence-electron chi connectivity index (χ2n) is 8.03. The van der Waals surface area contributed by atoms with Crippen LogP contribution in [0.25, 0.3) is 0 Å². The first-order chi connectivity index (χ1) is 14.0. The molecule has 7 nitrogen and oxygen atoms in total. The molecule has 2 aromatic rings. The van der Waals surface area contributed by atoms with Gasteiger partial charge < -0.3 is 15.7 Å². The van der Waals surface area contributed by atoms with Crippen LogP contribution in [0.5, 0.6) is 0 Å². The molecule has 0 amide bonds. The van der Waals surface area contributed by atoms with Gasteiger partial charge in [0.15, 0.2) is 5.96 Å². The molecular weight excluding hydrogens is 364 g/mol. The van der Waals surface area contributed by atoms with E-state index in [1.807, 2.05) is 20.2 Å². The second kappa shape index (κ2) is 9.89. The predicted octanol–water partition coefficient (Wildman–Crippen LogP) is 1.98. The van der Waals surface area contributed by atoms with Crippen LogP contribution in [-0.2, 0) is 25.7 Å². The molecule has 2 heterocycles. The van der Waals surface area contributed by atoms with E-state index in [0.717, 1.165) is 18.7 Å². The molecule has 1 fully saturated rings. The lowest BCUT2D eigenvalue weighted by Gasteiger charge is -2.23. The summed E-state index contributed by atoms with van der Waals surface area (Å²) < 4.78 is 1.69. The van der Waals surface area contributed by atoms with Gasteiger partial charge in [0.2, 0.25) is 0 Å². The number of nitrogens with one attached hydrogen (secondary N) is 2. The lowest BCUT2D eigenvalue weighted by Crippen LogP contribution is -2.44. The molecule has 0 aliphatic carbocycles. The Kier molecular flexibility index (Phi) is 7.28. The smallest absolute Gasteiger partial charge is 0.191 e. The van der Waals surface area contributed by atoms with Crippen molar-refractivity contribution in [2.45, 2.75) is 45.4 Å². The van der Waals surface area contributed by atoms with E-state index in [0.29, 0.717) is 19.0 Å². The molecule has 1 aromatic carbocycles. The van der Waals surface area contributed by atoms with Crippen LogP contribution in [0.15, 0.2) is 41.7 Å². The van der Waals surface area contributed by atoms with E-state index in [1.54, 1.807) is 17.8 Å². The summed E-state index contributed by atoms with van der Waals surface area (Å²) in [6.45, 7) is 8.98. The van der Waals surface area contributed by atoms with Crippen molar-refractivity contribution in [2.75, 3.05) is 26.2 Å². The first-order valence-electron chi connectivity index (χ1n) is 10.5. The van der Waals surface area contributed by atoms with Crippen LogP contribution in [0, 0.1) is 0 Å². The van der Waals surface area contributed by atoms with Gasteiger partial charge in [-0.1, -0.05) is 24.3 Å². The van der Waals surface area contributed by atoms with Crippen molar-refractivity contribution in [3.8, 4) is 0 Å². The summed E-state index contributed by atoms with van der Waals surface area (Å²) in [6, 6.07) is 8.72.